The number of pyridine rings is 1. The molecule has 0 bridgehead atoms. The lowest BCUT2D eigenvalue weighted by Crippen LogP contribution is -2.23. The van der Waals surface area contributed by atoms with E-state index in [1.165, 1.54) is 0 Å². The predicted molar refractivity (Wildman–Crippen MR) is 101 cm³/mol. The smallest absolute Gasteiger partial charge is 0.255 e. The van der Waals surface area contributed by atoms with Crippen LogP contribution in [0.4, 0.5) is 5.69 Å². The van der Waals surface area contributed by atoms with Gasteiger partial charge in [0.05, 0.1) is 0 Å². The van der Waals surface area contributed by atoms with Gasteiger partial charge in [0.15, 0.2) is 0 Å². The maximum atomic E-state index is 12.4. The van der Waals surface area contributed by atoms with Crippen molar-refractivity contribution in [1.29, 1.82) is 0 Å². The number of rotatable bonds is 5. The molecule has 0 fully saturated rings. The molecule has 3 rings (SSSR count). The van der Waals surface area contributed by atoms with Gasteiger partial charge in [0.1, 0.15) is 0 Å². The minimum atomic E-state index is -0.205. The van der Waals surface area contributed by atoms with E-state index in [0.29, 0.717) is 23.4 Å². The van der Waals surface area contributed by atoms with Crippen LogP contribution in [0.3, 0.4) is 0 Å². The predicted octanol–water partition coefficient (Wildman–Crippen LogP) is 3.57. The van der Waals surface area contributed by atoms with E-state index in [2.05, 4.69) is 15.6 Å². The fourth-order valence-corrected chi connectivity index (χ4v) is 2.57. The maximum Gasteiger partial charge on any atom is 0.255 e. The first-order valence-corrected chi connectivity index (χ1v) is 8.27. The largest absolute Gasteiger partial charge is 0.348 e. The first kappa shape index (κ1) is 17.4. The van der Waals surface area contributed by atoms with Gasteiger partial charge in [0.25, 0.3) is 11.8 Å². The van der Waals surface area contributed by atoms with Crippen LogP contribution in [0, 0.1) is 6.92 Å². The third-order valence-corrected chi connectivity index (χ3v) is 3.97. The van der Waals surface area contributed by atoms with Crippen molar-refractivity contribution in [2.75, 3.05) is 5.32 Å². The summed E-state index contributed by atoms with van der Waals surface area (Å²) in [5.41, 5.74) is 3.65. The lowest BCUT2D eigenvalue weighted by Gasteiger charge is -2.09. The molecule has 2 amide bonds. The summed E-state index contributed by atoms with van der Waals surface area (Å²) in [7, 11) is 0. The quantitative estimate of drug-likeness (QED) is 0.742. The molecule has 3 aromatic rings. The number of benzene rings is 2. The number of anilines is 1. The van der Waals surface area contributed by atoms with Crippen LogP contribution in [0.1, 0.15) is 31.8 Å². The Morgan fingerprint density at radius 2 is 1.69 bits per heavy atom. The Labute approximate surface area is 152 Å². The van der Waals surface area contributed by atoms with Crippen molar-refractivity contribution in [2.24, 2.45) is 0 Å². The monoisotopic (exact) mass is 345 g/mol. The summed E-state index contributed by atoms with van der Waals surface area (Å²) in [5.74, 6) is -0.335. The van der Waals surface area contributed by atoms with Gasteiger partial charge in [-0.05, 0) is 48.4 Å². The molecule has 0 aliphatic carbocycles. The summed E-state index contributed by atoms with van der Waals surface area (Å²) >= 11 is 0. The molecule has 5 nitrogen and oxygen atoms in total. The SMILES string of the molecule is Cc1ccccc1C(=O)NCc1cccc(C(=O)Nc2ccncc2)c1. The maximum absolute atomic E-state index is 12.4. The Balaban J connectivity index is 1.65. The summed E-state index contributed by atoms with van der Waals surface area (Å²) in [4.78, 5) is 28.6. The molecule has 130 valence electrons. The van der Waals surface area contributed by atoms with Crippen LogP contribution in [-0.2, 0) is 6.54 Å². The highest BCUT2D eigenvalue weighted by Gasteiger charge is 2.10. The van der Waals surface area contributed by atoms with Gasteiger partial charge in [-0.3, -0.25) is 14.6 Å². The molecule has 5 heteroatoms. The van der Waals surface area contributed by atoms with Gasteiger partial charge < -0.3 is 10.6 Å². The van der Waals surface area contributed by atoms with Crippen molar-refractivity contribution < 1.29 is 9.59 Å². The van der Waals surface area contributed by atoms with Gasteiger partial charge >= 0.3 is 0 Å². The molecule has 0 saturated carbocycles. The number of carbonyl (C=O) groups excluding carboxylic acids is 2. The molecule has 0 radical (unpaired) electrons. The summed E-state index contributed by atoms with van der Waals surface area (Å²) in [6.07, 6.45) is 3.24. The number of aryl methyl sites for hydroxylation is 1. The van der Waals surface area contributed by atoms with Crippen LogP contribution in [0.25, 0.3) is 0 Å². The first-order chi connectivity index (χ1) is 12.6. The molecule has 0 aliphatic heterocycles. The van der Waals surface area contributed by atoms with E-state index in [1.807, 2.05) is 31.2 Å². The molecule has 0 atom stereocenters. The van der Waals surface area contributed by atoms with E-state index in [4.69, 9.17) is 0 Å². The number of hydrogen-bond donors (Lipinski definition) is 2. The zero-order valence-corrected chi connectivity index (χ0v) is 14.4. The van der Waals surface area contributed by atoms with Crippen LogP contribution in [-0.4, -0.2) is 16.8 Å². The number of amides is 2. The topological polar surface area (TPSA) is 71.1 Å². The zero-order valence-electron chi connectivity index (χ0n) is 14.4. The minimum absolute atomic E-state index is 0.130. The molecule has 0 aliphatic rings. The fourth-order valence-electron chi connectivity index (χ4n) is 2.57. The Kier molecular flexibility index (Phi) is 5.39. The molecule has 0 unspecified atom stereocenters. The summed E-state index contributed by atoms with van der Waals surface area (Å²) in [5, 5.41) is 5.71. The second-order valence-electron chi connectivity index (χ2n) is 5.89. The second-order valence-corrected chi connectivity index (χ2v) is 5.89. The molecular formula is C21H19N3O2. The summed E-state index contributed by atoms with van der Waals surface area (Å²) in [6, 6.07) is 18.1. The van der Waals surface area contributed by atoms with Crippen molar-refractivity contribution in [2.45, 2.75) is 13.5 Å². The molecular weight excluding hydrogens is 326 g/mol. The molecule has 2 aromatic carbocycles. The number of nitrogens with one attached hydrogen (secondary N) is 2. The van der Waals surface area contributed by atoms with Crippen LogP contribution in [0.2, 0.25) is 0 Å². The van der Waals surface area contributed by atoms with Crippen molar-refractivity contribution in [3.8, 4) is 0 Å². The van der Waals surface area contributed by atoms with E-state index in [1.54, 1.807) is 48.8 Å². The number of carbonyl (C=O) groups is 2. The molecule has 1 heterocycles. The lowest BCUT2D eigenvalue weighted by molar-refractivity contribution is 0.0950. The van der Waals surface area contributed by atoms with Gasteiger partial charge in [0.2, 0.25) is 0 Å². The van der Waals surface area contributed by atoms with Crippen LogP contribution in [0.15, 0.2) is 73.1 Å². The third kappa shape index (κ3) is 4.33. The first-order valence-electron chi connectivity index (χ1n) is 8.27. The Morgan fingerprint density at radius 1 is 0.923 bits per heavy atom. The van der Waals surface area contributed by atoms with Gasteiger partial charge in [-0.25, -0.2) is 0 Å². The van der Waals surface area contributed by atoms with Crippen molar-refractivity contribution >= 4 is 17.5 Å². The number of aromatic nitrogens is 1. The van der Waals surface area contributed by atoms with E-state index >= 15 is 0 Å². The van der Waals surface area contributed by atoms with Crippen LogP contribution < -0.4 is 10.6 Å². The van der Waals surface area contributed by atoms with Gasteiger partial charge in [-0.1, -0.05) is 30.3 Å². The van der Waals surface area contributed by atoms with Gasteiger partial charge in [-0.15, -0.1) is 0 Å². The van der Waals surface area contributed by atoms with Crippen molar-refractivity contribution in [1.82, 2.24) is 10.3 Å². The third-order valence-electron chi connectivity index (χ3n) is 3.97. The highest BCUT2D eigenvalue weighted by atomic mass is 16.2. The van der Waals surface area contributed by atoms with Crippen LogP contribution in [0.5, 0.6) is 0 Å². The molecule has 26 heavy (non-hydrogen) atoms. The second kappa shape index (κ2) is 8.07. The number of hydrogen-bond acceptors (Lipinski definition) is 3. The Hall–Kier alpha value is -3.47. The summed E-state index contributed by atoms with van der Waals surface area (Å²) in [6.45, 7) is 2.25. The van der Waals surface area contributed by atoms with E-state index in [9.17, 15) is 9.59 Å². The highest BCUT2D eigenvalue weighted by Crippen LogP contribution is 2.11. The van der Waals surface area contributed by atoms with E-state index < -0.39 is 0 Å². The Bertz CT molecular complexity index is 923. The average molecular weight is 345 g/mol. The Morgan fingerprint density at radius 3 is 2.46 bits per heavy atom. The molecule has 0 spiro atoms. The minimum Gasteiger partial charge on any atom is -0.348 e. The van der Waals surface area contributed by atoms with Crippen molar-refractivity contribution in [3.63, 3.8) is 0 Å². The van der Waals surface area contributed by atoms with E-state index in [0.717, 1.165) is 11.1 Å². The molecule has 0 saturated heterocycles. The highest BCUT2D eigenvalue weighted by molar-refractivity contribution is 6.04. The lowest BCUT2D eigenvalue weighted by atomic mass is 10.1. The molecule has 1 aromatic heterocycles. The molecule has 2 N–H and O–H groups in total. The van der Waals surface area contributed by atoms with E-state index in [-0.39, 0.29) is 11.8 Å². The van der Waals surface area contributed by atoms with Crippen LogP contribution >= 0.6 is 0 Å². The average Bonchev–Trinajstić information content (AvgIpc) is 2.67. The van der Waals surface area contributed by atoms with Crippen molar-refractivity contribution in [3.05, 3.63) is 95.3 Å². The fraction of sp³-hybridized carbons (Fsp3) is 0.0952. The normalized spacial score (nSPS) is 10.2. The summed E-state index contributed by atoms with van der Waals surface area (Å²) < 4.78 is 0. The van der Waals surface area contributed by atoms with Gasteiger partial charge in [0, 0.05) is 35.8 Å². The van der Waals surface area contributed by atoms with Gasteiger partial charge in [-0.2, -0.15) is 0 Å². The zero-order chi connectivity index (χ0) is 18.4. The number of nitrogens with zero attached hydrogens (tertiary/aromatic N) is 1. The standard InChI is InChI=1S/C21H19N3O2/c1-15-5-2-3-8-19(15)21(26)23-14-16-6-4-7-17(13-16)20(25)24-18-9-11-22-12-10-18/h2-13H,14H2,1H3,(H,23,26)(H,22,24,25).